The molecule has 0 rings (SSSR count). The van der Waals surface area contributed by atoms with Crippen LogP contribution in [0.5, 0.6) is 0 Å². The standard InChI is InChI=1S/C5H7ClNO/c1-2-5-8-7-4-3-6/h2-4H,1,5H2. The normalized spacial score (nSPS) is 9.62. The van der Waals surface area contributed by atoms with E-state index in [9.17, 15) is 0 Å². The van der Waals surface area contributed by atoms with Crippen LogP contribution in [0.15, 0.2) is 17.8 Å². The maximum Gasteiger partial charge on any atom is 0.135 e. The monoisotopic (exact) mass is 132 g/mol. The molecular weight excluding hydrogens is 126 g/mol. The van der Waals surface area contributed by atoms with Crippen molar-refractivity contribution in [3.05, 3.63) is 18.5 Å². The molecule has 0 saturated carbocycles. The summed E-state index contributed by atoms with van der Waals surface area (Å²) < 4.78 is 0. The van der Waals surface area contributed by atoms with E-state index in [1.165, 1.54) is 12.1 Å². The van der Waals surface area contributed by atoms with Crippen molar-refractivity contribution in [2.24, 2.45) is 5.16 Å². The van der Waals surface area contributed by atoms with Gasteiger partial charge in [-0.05, 0) is 0 Å². The van der Waals surface area contributed by atoms with Crippen LogP contribution < -0.4 is 0 Å². The van der Waals surface area contributed by atoms with Gasteiger partial charge in [-0.1, -0.05) is 17.8 Å². The van der Waals surface area contributed by atoms with E-state index in [1.54, 1.807) is 6.08 Å². The van der Waals surface area contributed by atoms with E-state index in [2.05, 4.69) is 16.6 Å². The van der Waals surface area contributed by atoms with Gasteiger partial charge in [0.25, 0.3) is 0 Å². The van der Waals surface area contributed by atoms with Gasteiger partial charge in [-0.15, -0.1) is 11.6 Å². The summed E-state index contributed by atoms with van der Waals surface area (Å²) in [6, 6.07) is 0. The van der Waals surface area contributed by atoms with Crippen LogP contribution in [0.25, 0.3) is 0 Å². The lowest BCUT2D eigenvalue weighted by Gasteiger charge is -1.87. The molecule has 2 nitrogen and oxygen atoms in total. The van der Waals surface area contributed by atoms with Gasteiger partial charge in [-0.25, -0.2) is 0 Å². The molecule has 0 atom stereocenters. The first-order valence-electron chi connectivity index (χ1n) is 2.10. The zero-order valence-corrected chi connectivity index (χ0v) is 5.14. The Labute approximate surface area is 53.8 Å². The second kappa shape index (κ2) is 6.50. The van der Waals surface area contributed by atoms with Crippen LogP contribution in [0.1, 0.15) is 0 Å². The Morgan fingerprint density at radius 1 is 1.75 bits per heavy atom. The van der Waals surface area contributed by atoms with Gasteiger partial charge < -0.3 is 4.84 Å². The molecule has 0 aromatic heterocycles. The fourth-order valence-electron chi connectivity index (χ4n) is 0.162. The highest BCUT2D eigenvalue weighted by Crippen LogP contribution is 1.79. The number of halogens is 1. The Hall–Kier alpha value is -0.500. The molecule has 45 valence electrons. The van der Waals surface area contributed by atoms with Gasteiger partial charge in [0.05, 0.1) is 12.1 Å². The third-order valence-corrected chi connectivity index (χ3v) is 0.497. The van der Waals surface area contributed by atoms with Crippen molar-refractivity contribution in [2.45, 2.75) is 0 Å². The SMILES string of the molecule is C=CCON=C[CH]Cl. The quantitative estimate of drug-likeness (QED) is 0.246. The van der Waals surface area contributed by atoms with Gasteiger partial charge >= 0.3 is 0 Å². The molecule has 0 heterocycles. The lowest BCUT2D eigenvalue weighted by molar-refractivity contribution is 0.176. The average Bonchev–Trinajstić information content (AvgIpc) is 1.81. The van der Waals surface area contributed by atoms with Crippen LogP contribution in [0.3, 0.4) is 0 Å². The van der Waals surface area contributed by atoms with Gasteiger partial charge in [0.1, 0.15) is 6.61 Å². The van der Waals surface area contributed by atoms with Crippen LogP contribution in [-0.2, 0) is 4.84 Å². The van der Waals surface area contributed by atoms with E-state index in [-0.39, 0.29) is 0 Å². The predicted molar refractivity (Wildman–Crippen MR) is 34.8 cm³/mol. The summed E-state index contributed by atoms with van der Waals surface area (Å²) in [6.45, 7) is 3.83. The van der Waals surface area contributed by atoms with Crippen molar-refractivity contribution in [3.63, 3.8) is 0 Å². The summed E-state index contributed by atoms with van der Waals surface area (Å²) in [6.07, 6.45) is 2.95. The fraction of sp³-hybridized carbons (Fsp3) is 0.200. The summed E-state index contributed by atoms with van der Waals surface area (Å²) in [5.74, 6) is 1.27. The second-order valence-electron chi connectivity index (χ2n) is 0.965. The van der Waals surface area contributed by atoms with Crippen LogP contribution in [-0.4, -0.2) is 12.8 Å². The van der Waals surface area contributed by atoms with Crippen LogP contribution >= 0.6 is 11.6 Å². The summed E-state index contributed by atoms with van der Waals surface area (Å²) in [5.41, 5.74) is 0. The molecule has 1 radical (unpaired) electrons. The van der Waals surface area contributed by atoms with Crippen molar-refractivity contribution in [3.8, 4) is 0 Å². The van der Waals surface area contributed by atoms with Gasteiger partial charge in [0.15, 0.2) is 0 Å². The first kappa shape index (κ1) is 7.50. The van der Waals surface area contributed by atoms with E-state index in [1.807, 2.05) is 0 Å². The molecule has 8 heavy (non-hydrogen) atoms. The molecule has 0 aromatic rings. The zero-order chi connectivity index (χ0) is 6.24. The van der Waals surface area contributed by atoms with Crippen LogP contribution in [0, 0.1) is 5.88 Å². The summed E-state index contributed by atoms with van der Waals surface area (Å²) in [4.78, 5) is 4.56. The van der Waals surface area contributed by atoms with Crippen molar-refractivity contribution in [1.29, 1.82) is 0 Å². The minimum atomic E-state index is 0.418. The summed E-state index contributed by atoms with van der Waals surface area (Å²) in [5, 5.41) is 3.40. The number of rotatable bonds is 4. The molecular formula is C5H7ClNO. The minimum absolute atomic E-state index is 0.418. The topological polar surface area (TPSA) is 21.6 Å². The number of nitrogens with zero attached hydrogens (tertiary/aromatic N) is 1. The molecule has 0 saturated heterocycles. The van der Waals surface area contributed by atoms with Gasteiger partial charge in [-0.3, -0.25) is 0 Å². The van der Waals surface area contributed by atoms with E-state index in [0.717, 1.165) is 0 Å². The average molecular weight is 133 g/mol. The zero-order valence-electron chi connectivity index (χ0n) is 4.38. The highest BCUT2D eigenvalue weighted by atomic mass is 35.5. The van der Waals surface area contributed by atoms with Crippen molar-refractivity contribution < 1.29 is 4.84 Å². The molecule has 0 amide bonds. The maximum atomic E-state index is 5.10. The molecule has 0 unspecified atom stereocenters. The van der Waals surface area contributed by atoms with Gasteiger partial charge in [0.2, 0.25) is 0 Å². The molecule has 0 spiro atoms. The number of oxime groups is 1. The maximum absolute atomic E-state index is 5.10. The second-order valence-corrected chi connectivity index (χ2v) is 1.22. The van der Waals surface area contributed by atoms with E-state index >= 15 is 0 Å². The third-order valence-electron chi connectivity index (χ3n) is 0.384. The minimum Gasteiger partial charge on any atom is -0.392 e. The highest BCUT2D eigenvalue weighted by molar-refractivity contribution is 6.31. The molecule has 0 fully saturated rings. The van der Waals surface area contributed by atoms with Crippen molar-refractivity contribution in [2.75, 3.05) is 6.61 Å². The Balaban J connectivity index is 2.90. The lowest BCUT2D eigenvalue weighted by atomic mass is 10.7. The molecule has 0 aliphatic heterocycles. The summed E-state index contributed by atoms with van der Waals surface area (Å²) in [7, 11) is 0. The third kappa shape index (κ3) is 5.50. The largest absolute Gasteiger partial charge is 0.392 e. The van der Waals surface area contributed by atoms with Crippen LogP contribution in [0.4, 0.5) is 0 Å². The molecule has 0 aliphatic rings. The van der Waals surface area contributed by atoms with Crippen molar-refractivity contribution >= 4 is 17.8 Å². The Bertz CT molecular complexity index is 82.5. The van der Waals surface area contributed by atoms with Crippen LogP contribution in [0.2, 0.25) is 0 Å². The fourth-order valence-corrected chi connectivity index (χ4v) is 0.208. The predicted octanol–water partition coefficient (Wildman–Crippen LogP) is 1.58. The smallest absolute Gasteiger partial charge is 0.135 e. The summed E-state index contributed by atoms with van der Waals surface area (Å²) >= 11 is 5.10. The van der Waals surface area contributed by atoms with E-state index in [0.29, 0.717) is 6.61 Å². The Morgan fingerprint density at radius 2 is 2.50 bits per heavy atom. The van der Waals surface area contributed by atoms with Gasteiger partial charge in [0, 0.05) is 0 Å². The Kier molecular flexibility index (Phi) is 6.09. The van der Waals surface area contributed by atoms with E-state index in [4.69, 9.17) is 11.6 Å². The molecule has 0 bridgehead atoms. The van der Waals surface area contributed by atoms with Gasteiger partial charge in [-0.2, -0.15) is 0 Å². The van der Waals surface area contributed by atoms with Crippen molar-refractivity contribution in [1.82, 2.24) is 0 Å². The first-order valence-corrected chi connectivity index (χ1v) is 2.53. The Morgan fingerprint density at radius 3 is 3.00 bits per heavy atom. The number of hydrogen-bond acceptors (Lipinski definition) is 2. The highest BCUT2D eigenvalue weighted by Gasteiger charge is 1.70. The lowest BCUT2D eigenvalue weighted by Crippen LogP contribution is -1.79. The molecule has 0 aromatic carbocycles. The molecule has 0 N–H and O–H groups in total. The van der Waals surface area contributed by atoms with E-state index < -0.39 is 0 Å². The number of hydrogen-bond donors (Lipinski definition) is 0. The molecule has 3 heteroatoms. The molecule has 0 aliphatic carbocycles. The first-order chi connectivity index (χ1) is 3.91.